The van der Waals surface area contributed by atoms with Crippen LogP contribution in [0, 0.1) is 17.6 Å². The molecule has 1 aliphatic heterocycles. The fourth-order valence-corrected chi connectivity index (χ4v) is 4.70. The fraction of sp³-hybridized carbons (Fsp3) is 0.400. The van der Waals surface area contributed by atoms with E-state index in [1.165, 1.54) is 5.56 Å². The quantitative estimate of drug-likeness (QED) is 0.504. The molecule has 1 aliphatic carbocycles. The van der Waals surface area contributed by atoms with Gasteiger partial charge >= 0.3 is 0 Å². The van der Waals surface area contributed by atoms with Gasteiger partial charge in [0.05, 0.1) is 12.4 Å². The molecule has 1 N–H and O–H groups in total. The van der Waals surface area contributed by atoms with Crippen LogP contribution in [0.25, 0.3) is 17.1 Å². The summed E-state index contributed by atoms with van der Waals surface area (Å²) in [5.41, 5.74) is 3.14. The van der Waals surface area contributed by atoms with Gasteiger partial charge in [-0.1, -0.05) is 41.4 Å². The normalized spacial score (nSPS) is 17.3. The number of likely N-dealkylation sites (tertiary alicyclic amines) is 1. The van der Waals surface area contributed by atoms with Crippen LogP contribution < -0.4 is 5.32 Å². The van der Waals surface area contributed by atoms with Crippen molar-refractivity contribution in [2.45, 2.75) is 45.3 Å². The molecule has 2 aliphatic rings. The van der Waals surface area contributed by atoms with Crippen molar-refractivity contribution in [3.8, 4) is 17.1 Å². The zero-order valence-corrected chi connectivity index (χ0v) is 20.3. The maximum Gasteiger partial charge on any atom is 0.223 e. The van der Waals surface area contributed by atoms with Gasteiger partial charge in [-0.05, 0) is 69.1 Å². The van der Waals surface area contributed by atoms with E-state index in [0.29, 0.717) is 22.5 Å². The number of piperidine rings is 1. The first kappa shape index (κ1) is 22.3. The molecule has 0 atom stereocenters. The smallest absolute Gasteiger partial charge is 0.223 e. The van der Waals surface area contributed by atoms with Crippen molar-refractivity contribution in [2.75, 3.05) is 13.1 Å². The van der Waals surface area contributed by atoms with Gasteiger partial charge in [0.2, 0.25) is 10.7 Å². The maximum atomic E-state index is 12.4. The van der Waals surface area contributed by atoms with Crippen molar-refractivity contribution in [3.63, 3.8) is 0 Å². The van der Waals surface area contributed by atoms with Crippen LogP contribution in [0.2, 0.25) is 5.02 Å². The number of hydrogen-bond donors (Lipinski definition) is 1. The molecule has 1 saturated heterocycles. The number of carbonyl (C=O) groups is 1. The summed E-state index contributed by atoms with van der Waals surface area (Å²) in [6, 6.07) is 16.4. The Hall–Kier alpha value is -2.48. The zero-order valence-electron chi connectivity index (χ0n) is 18.7. The molecule has 2 fully saturated rings. The Balaban J connectivity index is 1.38. The van der Waals surface area contributed by atoms with Gasteiger partial charge < -0.3 is 5.32 Å². The van der Waals surface area contributed by atoms with Crippen LogP contribution in [0.5, 0.6) is 0 Å². The van der Waals surface area contributed by atoms with E-state index in [1.807, 2.05) is 33.5 Å². The van der Waals surface area contributed by atoms with E-state index in [9.17, 15) is 4.79 Å². The van der Waals surface area contributed by atoms with Gasteiger partial charge in [0.1, 0.15) is 0 Å². The highest BCUT2D eigenvalue weighted by atomic mass is 35.5. The van der Waals surface area contributed by atoms with Gasteiger partial charge in [-0.3, -0.25) is 14.3 Å². The first-order valence-corrected chi connectivity index (χ1v) is 12.3. The first-order chi connectivity index (χ1) is 16.0. The van der Waals surface area contributed by atoms with Gasteiger partial charge in [-0.25, -0.2) is 4.68 Å². The van der Waals surface area contributed by atoms with Gasteiger partial charge in [0.25, 0.3) is 0 Å². The molecule has 2 aromatic carbocycles. The van der Waals surface area contributed by atoms with Crippen molar-refractivity contribution in [3.05, 3.63) is 63.9 Å². The van der Waals surface area contributed by atoms with E-state index in [0.717, 1.165) is 55.8 Å². The largest absolute Gasteiger partial charge is 0.353 e. The Labute approximate surface area is 204 Å². The lowest BCUT2D eigenvalue weighted by Gasteiger charge is -2.30. The van der Waals surface area contributed by atoms with E-state index < -0.39 is 0 Å². The number of halogens is 1. The second kappa shape index (κ2) is 9.41. The lowest BCUT2D eigenvalue weighted by atomic mass is 9.96. The average molecular weight is 482 g/mol. The number of aromatic nitrogens is 3. The summed E-state index contributed by atoms with van der Waals surface area (Å²) in [4.78, 5) is 14.7. The average Bonchev–Trinajstić information content (AvgIpc) is 3.58. The van der Waals surface area contributed by atoms with E-state index in [-0.39, 0.29) is 11.8 Å². The number of nitrogens with one attached hydrogen (secondary N) is 1. The van der Waals surface area contributed by atoms with E-state index in [2.05, 4.69) is 41.4 Å². The Morgan fingerprint density at radius 3 is 2.36 bits per heavy atom. The second-order valence-corrected chi connectivity index (χ2v) is 9.90. The molecular weight excluding hydrogens is 454 g/mol. The van der Waals surface area contributed by atoms with Crippen molar-refractivity contribution in [2.24, 2.45) is 5.92 Å². The van der Waals surface area contributed by atoms with Crippen LogP contribution in [0.15, 0.2) is 48.5 Å². The molecule has 5 rings (SSSR count). The second-order valence-electron chi connectivity index (χ2n) is 9.10. The van der Waals surface area contributed by atoms with Crippen LogP contribution >= 0.6 is 23.8 Å². The highest BCUT2D eigenvalue weighted by Crippen LogP contribution is 2.26. The monoisotopic (exact) mass is 481 g/mol. The number of rotatable bonds is 6. The Morgan fingerprint density at radius 2 is 1.73 bits per heavy atom. The first-order valence-electron chi connectivity index (χ1n) is 11.5. The molecule has 3 aromatic rings. The third-order valence-corrected chi connectivity index (χ3v) is 7.10. The predicted molar refractivity (Wildman–Crippen MR) is 133 cm³/mol. The molecule has 0 unspecified atom stereocenters. The Kier molecular flexibility index (Phi) is 6.36. The SMILES string of the molecule is Cc1ccc(-c2nn(CN3CCC(C(=O)NC4CC4)CC3)c(=S)n2-c2ccc(Cl)cc2)cc1. The highest BCUT2D eigenvalue weighted by Gasteiger charge is 2.30. The minimum Gasteiger partial charge on any atom is -0.353 e. The lowest BCUT2D eigenvalue weighted by molar-refractivity contribution is -0.126. The highest BCUT2D eigenvalue weighted by molar-refractivity contribution is 7.71. The topological polar surface area (TPSA) is 55.1 Å². The molecule has 6 nitrogen and oxygen atoms in total. The van der Waals surface area contributed by atoms with Gasteiger partial charge in [-0.15, -0.1) is 5.10 Å². The molecule has 33 heavy (non-hydrogen) atoms. The van der Waals surface area contributed by atoms with Crippen molar-refractivity contribution in [1.29, 1.82) is 0 Å². The molecule has 0 radical (unpaired) electrons. The fourth-order valence-electron chi connectivity index (χ4n) is 4.29. The molecule has 1 saturated carbocycles. The summed E-state index contributed by atoms with van der Waals surface area (Å²) in [6.07, 6.45) is 3.99. The predicted octanol–water partition coefficient (Wildman–Crippen LogP) is 4.98. The van der Waals surface area contributed by atoms with E-state index in [4.69, 9.17) is 28.9 Å². The van der Waals surface area contributed by atoms with Gasteiger partial charge in [0.15, 0.2) is 5.82 Å². The van der Waals surface area contributed by atoms with Crippen molar-refractivity contribution < 1.29 is 4.79 Å². The number of carbonyl (C=O) groups excluding carboxylic acids is 1. The summed E-state index contributed by atoms with van der Waals surface area (Å²) in [5.74, 6) is 1.15. The molecule has 0 spiro atoms. The third kappa shape index (κ3) is 5.05. The van der Waals surface area contributed by atoms with Crippen LogP contribution in [-0.4, -0.2) is 44.3 Å². The van der Waals surface area contributed by atoms with Crippen LogP contribution in [0.3, 0.4) is 0 Å². The van der Waals surface area contributed by atoms with Crippen molar-refractivity contribution in [1.82, 2.24) is 24.6 Å². The summed E-state index contributed by atoms with van der Waals surface area (Å²) in [7, 11) is 0. The van der Waals surface area contributed by atoms with Crippen molar-refractivity contribution >= 4 is 29.7 Å². The molecule has 1 amide bonds. The van der Waals surface area contributed by atoms with Crippen LogP contribution in [-0.2, 0) is 11.5 Å². The molecule has 2 heterocycles. The number of benzene rings is 2. The summed E-state index contributed by atoms with van der Waals surface area (Å²) < 4.78 is 4.54. The number of aryl methyl sites for hydroxylation is 1. The molecule has 1 aromatic heterocycles. The van der Waals surface area contributed by atoms with Crippen LogP contribution in [0.4, 0.5) is 0 Å². The zero-order chi connectivity index (χ0) is 22.9. The van der Waals surface area contributed by atoms with E-state index in [1.54, 1.807) is 0 Å². The number of nitrogens with zero attached hydrogens (tertiary/aromatic N) is 4. The minimum atomic E-state index is 0.115. The number of amides is 1. The summed E-state index contributed by atoms with van der Waals surface area (Å²) in [6.45, 7) is 4.40. The minimum absolute atomic E-state index is 0.115. The molecule has 8 heteroatoms. The third-order valence-electron chi connectivity index (χ3n) is 6.45. The Morgan fingerprint density at radius 1 is 1.06 bits per heavy atom. The molecule has 172 valence electrons. The summed E-state index contributed by atoms with van der Waals surface area (Å²) in [5, 5.41) is 8.76. The van der Waals surface area contributed by atoms with Gasteiger partial charge in [-0.2, -0.15) is 0 Å². The summed E-state index contributed by atoms with van der Waals surface area (Å²) >= 11 is 12.0. The standard InChI is InChI=1S/C25H28ClN5OS/c1-17-2-4-18(5-3-17)23-28-30(25(33)31(23)22-10-6-20(26)7-11-22)16-29-14-12-19(13-15-29)24(32)27-21-8-9-21/h2-7,10-11,19,21H,8-9,12-16H2,1H3,(H,27,32). The number of hydrogen-bond acceptors (Lipinski definition) is 4. The van der Waals surface area contributed by atoms with Gasteiger partial charge in [0, 0.05) is 35.6 Å². The molecular formula is C25H28ClN5OS. The van der Waals surface area contributed by atoms with Crippen LogP contribution in [0.1, 0.15) is 31.2 Å². The maximum absolute atomic E-state index is 12.4. The lowest BCUT2D eigenvalue weighted by Crippen LogP contribution is -2.41. The Bertz CT molecular complexity index is 1190. The molecule has 0 bridgehead atoms. The van der Waals surface area contributed by atoms with E-state index >= 15 is 0 Å².